The minimum Gasteiger partial charge on any atom is -0.412 e. The zero-order valence-electron chi connectivity index (χ0n) is 18.8. The molecule has 1 fully saturated rings. The first kappa shape index (κ1) is 29.1. The van der Waals surface area contributed by atoms with Gasteiger partial charge in [-0.2, -0.15) is 40.2 Å². The van der Waals surface area contributed by atoms with Crippen LogP contribution in [0, 0.1) is 5.41 Å². The van der Waals surface area contributed by atoms with Crippen molar-refractivity contribution in [2.45, 2.75) is 43.5 Å². The molecule has 2 aromatic rings. The first-order chi connectivity index (χ1) is 17.5. The Morgan fingerprint density at radius 1 is 1.16 bits per heavy atom. The monoisotopic (exact) mass is 578 g/mol. The Morgan fingerprint density at radius 3 is 2.32 bits per heavy atom. The lowest BCUT2D eigenvalue weighted by Gasteiger charge is -2.25. The molecule has 8 nitrogen and oxygen atoms in total. The van der Waals surface area contributed by atoms with E-state index in [1.54, 1.807) is 0 Å². The van der Waals surface area contributed by atoms with Gasteiger partial charge < -0.3 is 15.4 Å². The van der Waals surface area contributed by atoms with E-state index in [1.807, 2.05) is 5.32 Å². The van der Waals surface area contributed by atoms with Crippen molar-refractivity contribution in [2.75, 3.05) is 7.05 Å². The maximum atomic E-state index is 13.7. The fourth-order valence-electron chi connectivity index (χ4n) is 3.00. The Bertz CT molecular complexity index is 1250. The second-order valence-electron chi connectivity index (χ2n) is 7.85. The van der Waals surface area contributed by atoms with Gasteiger partial charge in [0.05, 0.1) is 11.8 Å². The minimum absolute atomic E-state index is 0.0252. The molecule has 0 aliphatic heterocycles. The van der Waals surface area contributed by atoms with E-state index in [2.05, 4.69) is 20.1 Å². The molecule has 3 rings (SSSR count). The maximum Gasteiger partial charge on any atom is 0.440 e. The number of pyridine rings is 1. The zero-order valence-corrected chi connectivity index (χ0v) is 19.6. The molecule has 38 heavy (non-hydrogen) atoms. The summed E-state index contributed by atoms with van der Waals surface area (Å²) in [6.45, 7) is 0. The number of carbonyl (C=O) groups excluding carboxylic acids is 1. The van der Waals surface area contributed by atoms with E-state index in [0.29, 0.717) is 4.68 Å². The van der Waals surface area contributed by atoms with Crippen LogP contribution in [0.2, 0.25) is 5.15 Å². The number of hydrogen-bond donors (Lipinski definition) is 3. The topological polar surface area (TPSA) is 105 Å². The summed E-state index contributed by atoms with van der Waals surface area (Å²) in [5, 5.41) is 15.4. The van der Waals surface area contributed by atoms with Gasteiger partial charge in [0, 0.05) is 36.6 Å². The molecule has 18 heteroatoms. The van der Waals surface area contributed by atoms with Gasteiger partial charge in [-0.15, -0.1) is 0 Å². The molecule has 1 aliphatic rings. The van der Waals surface area contributed by atoms with Crippen molar-refractivity contribution in [3.8, 4) is 11.1 Å². The fraction of sp³-hybridized carbons (Fsp3) is 0.400. The Kier molecular flexibility index (Phi) is 7.91. The summed E-state index contributed by atoms with van der Waals surface area (Å²) in [4.78, 5) is 16.2. The Labute approximate surface area is 212 Å². The third-order valence-electron chi connectivity index (χ3n) is 4.95. The smallest absolute Gasteiger partial charge is 0.412 e. The van der Waals surface area contributed by atoms with E-state index in [0.717, 1.165) is 38.5 Å². The van der Waals surface area contributed by atoms with Crippen LogP contribution in [0.5, 0.6) is 0 Å². The number of nitrogens with zero attached hydrogens (tertiary/aromatic N) is 3. The summed E-state index contributed by atoms with van der Waals surface area (Å²) >= 11 is 5.96. The lowest BCUT2D eigenvalue weighted by Crippen LogP contribution is -2.45. The molecular weight excluding hydrogens is 563 g/mol. The number of nitrogens with one attached hydrogen (secondary N) is 3. The molecule has 2 aromatic heterocycles. The van der Waals surface area contributed by atoms with Crippen molar-refractivity contribution in [2.24, 2.45) is 0 Å². The highest BCUT2D eigenvalue weighted by molar-refractivity contribution is 6.32. The van der Waals surface area contributed by atoms with E-state index in [4.69, 9.17) is 17.0 Å². The lowest BCUT2D eigenvalue weighted by atomic mass is 10.1. The van der Waals surface area contributed by atoms with Gasteiger partial charge in [-0.1, -0.05) is 11.6 Å². The molecule has 1 aliphatic carbocycles. The van der Waals surface area contributed by atoms with Crippen LogP contribution in [0.25, 0.3) is 16.9 Å². The molecule has 0 saturated heterocycles. The Balaban J connectivity index is 1.99. The second-order valence-corrected chi connectivity index (χ2v) is 8.21. The molecule has 1 atom stereocenters. The summed E-state index contributed by atoms with van der Waals surface area (Å²) in [5.41, 5.74) is -2.18. The van der Waals surface area contributed by atoms with E-state index in [-0.39, 0.29) is 27.9 Å². The average molecular weight is 579 g/mol. The highest BCUT2D eigenvalue weighted by Gasteiger charge is 2.60. The van der Waals surface area contributed by atoms with Gasteiger partial charge in [0.15, 0.2) is 5.57 Å². The second kappa shape index (κ2) is 10.3. The number of hydrogen-bond acceptors (Lipinski definition) is 6. The summed E-state index contributed by atoms with van der Waals surface area (Å²) in [6.07, 6.45) is -18.1. The first-order valence-corrected chi connectivity index (χ1v) is 10.7. The lowest BCUT2D eigenvalue weighted by molar-refractivity contribution is -0.310. The molecule has 1 saturated carbocycles. The highest BCUT2D eigenvalue weighted by atomic mass is 35.5. The van der Waals surface area contributed by atoms with Crippen LogP contribution in [0.1, 0.15) is 23.2 Å². The highest BCUT2D eigenvalue weighted by Crippen LogP contribution is 2.38. The molecular formula is C20H16ClF9N6O2. The molecule has 1 unspecified atom stereocenters. The van der Waals surface area contributed by atoms with Gasteiger partial charge in [-0.25, -0.2) is 14.1 Å². The number of alkyl halides is 9. The predicted octanol–water partition coefficient (Wildman–Crippen LogP) is 4.93. The van der Waals surface area contributed by atoms with Crippen LogP contribution in [0.15, 0.2) is 30.2 Å². The van der Waals surface area contributed by atoms with Gasteiger partial charge in [0.25, 0.3) is 12.1 Å². The summed E-state index contributed by atoms with van der Waals surface area (Å²) < 4.78 is 122. The van der Waals surface area contributed by atoms with Gasteiger partial charge in [-0.3, -0.25) is 10.2 Å². The van der Waals surface area contributed by atoms with Crippen molar-refractivity contribution in [1.82, 2.24) is 25.4 Å². The summed E-state index contributed by atoms with van der Waals surface area (Å²) in [6, 6.07) is 1.24. The molecule has 208 valence electrons. The maximum absolute atomic E-state index is 13.7. The number of amides is 1. The van der Waals surface area contributed by atoms with Crippen molar-refractivity contribution in [3.05, 3.63) is 40.9 Å². The normalized spacial score (nSPS) is 16.0. The SMILES string of the molecule is CN/C(=C(\C(=N)OC(F)(F)C(F)C(F)(F)F)C(F)(F)F)n1cc(-c2cnc(Cl)c(C(=O)NC3CC3)c2)cn1. The molecule has 2 heterocycles. The third kappa shape index (κ3) is 6.49. The molecule has 0 radical (unpaired) electrons. The van der Waals surface area contributed by atoms with Crippen LogP contribution in [-0.2, 0) is 4.74 Å². The molecule has 3 N–H and O–H groups in total. The minimum atomic E-state index is -6.18. The van der Waals surface area contributed by atoms with Crippen LogP contribution < -0.4 is 10.6 Å². The Morgan fingerprint density at radius 2 is 1.79 bits per heavy atom. The number of halogens is 10. The predicted molar refractivity (Wildman–Crippen MR) is 114 cm³/mol. The number of ether oxygens (including phenoxy) is 1. The van der Waals surface area contributed by atoms with E-state index < -0.39 is 47.8 Å². The largest absolute Gasteiger partial charge is 0.440 e. The average Bonchev–Trinajstić information content (AvgIpc) is 3.47. The van der Waals surface area contributed by atoms with Crippen molar-refractivity contribution in [1.29, 1.82) is 5.41 Å². The van der Waals surface area contributed by atoms with E-state index >= 15 is 0 Å². The number of rotatable bonds is 8. The van der Waals surface area contributed by atoms with E-state index in [1.165, 1.54) is 6.07 Å². The van der Waals surface area contributed by atoms with Crippen LogP contribution in [0.4, 0.5) is 39.5 Å². The molecule has 0 aromatic carbocycles. The quantitative estimate of drug-likeness (QED) is 0.178. The number of carbonyl (C=O) groups is 1. The molecule has 1 amide bonds. The van der Waals surface area contributed by atoms with Gasteiger partial charge in [-0.05, 0) is 18.9 Å². The van der Waals surface area contributed by atoms with Crippen LogP contribution in [0.3, 0.4) is 0 Å². The third-order valence-corrected chi connectivity index (χ3v) is 5.25. The van der Waals surface area contributed by atoms with Crippen LogP contribution in [-0.4, -0.2) is 64.3 Å². The van der Waals surface area contributed by atoms with Gasteiger partial charge in [0.1, 0.15) is 11.0 Å². The van der Waals surface area contributed by atoms with Crippen LogP contribution >= 0.6 is 11.6 Å². The number of aromatic nitrogens is 3. The van der Waals surface area contributed by atoms with E-state index in [9.17, 15) is 44.3 Å². The Hall–Kier alpha value is -3.50. The summed E-state index contributed by atoms with van der Waals surface area (Å²) in [5.74, 6) is -4.28. The van der Waals surface area contributed by atoms with Crippen molar-refractivity contribution < 1.29 is 49.0 Å². The van der Waals surface area contributed by atoms with Gasteiger partial charge in [0.2, 0.25) is 5.90 Å². The molecule has 0 bridgehead atoms. The zero-order chi connectivity index (χ0) is 28.6. The van der Waals surface area contributed by atoms with Crippen molar-refractivity contribution in [3.63, 3.8) is 0 Å². The fourth-order valence-corrected chi connectivity index (χ4v) is 3.19. The van der Waals surface area contributed by atoms with Gasteiger partial charge >= 0.3 is 18.5 Å². The summed E-state index contributed by atoms with van der Waals surface area (Å²) in [7, 11) is 0.867. The molecule has 0 spiro atoms. The first-order valence-electron chi connectivity index (χ1n) is 10.3. The van der Waals surface area contributed by atoms with Crippen molar-refractivity contribution >= 4 is 29.2 Å². The standard InChI is InChI=1S/C20H16ClF9N6O2/c1-32-15(12(18(23,24)25)14(31)38-20(29,30)17(22)19(26,27)28)36-7-9(6-34-36)8-4-11(13(21)33-5-8)16(37)35-10-2-3-10/h4-7,10,17,31-32H,2-3H2,1H3,(H,35,37)/b15-12-,31-14?.